The molecule has 0 unspecified atom stereocenters. The van der Waals surface area contributed by atoms with Crippen molar-refractivity contribution in [3.63, 3.8) is 0 Å². The highest BCUT2D eigenvalue weighted by atomic mass is 14.3. The van der Waals surface area contributed by atoms with Gasteiger partial charge in [-0.25, -0.2) is 0 Å². The minimum atomic E-state index is 0.634. The van der Waals surface area contributed by atoms with Crippen LogP contribution in [0, 0.1) is 16.7 Å². The van der Waals surface area contributed by atoms with Crippen molar-refractivity contribution >= 4 is 0 Å². The van der Waals surface area contributed by atoms with Crippen molar-refractivity contribution < 1.29 is 0 Å². The van der Waals surface area contributed by atoms with Gasteiger partial charge >= 0.3 is 0 Å². The topological polar surface area (TPSA) is 23.8 Å². The fourth-order valence-electron chi connectivity index (χ4n) is 2.23. The number of rotatable bonds is 4. The van der Waals surface area contributed by atoms with E-state index >= 15 is 0 Å². The molecular weight excluding hydrogens is 146 g/mol. The molecule has 0 atom stereocenters. The minimum absolute atomic E-state index is 0.634. The van der Waals surface area contributed by atoms with E-state index in [0.717, 1.165) is 12.8 Å². The second kappa shape index (κ2) is 4.50. The zero-order valence-corrected chi connectivity index (χ0v) is 8.10. The van der Waals surface area contributed by atoms with Crippen LogP contribution in [-0.2, 0) is 0 Å². The first-order valence-electron chi connectivity index (χ1n) is 5.14. The van der Waals surface area contributed by atoms with Crippen molar-refractivity contribution in [3.8, 4) is 6.07 Å². The molecule has 0 heterocycles. The standard InChI is InChI=1S/C11H19N/c1-11(8-4-5-9-11)7-3-2-6-10-12/h2-9H2,1H3. The summed E-state index contributed by atoms with van der Waals surface area (Å²) in [5.41, 5.74) is 0.634. The molecule has 0 aliphatic heterocycles. The molecule has 0 N–H and O–H groups in total. The van der Waals surface area contributed by atoms with E-state index in [2.05, 4.69) is 13.0 Å². The summed E-state index contributed by atoms with van der Waals surface area (Å²) in [4.78, 5) is 0. The Balaban J connectivity index is 2.09. The largest absolute Gasteiger partial charge is 0.198 e. The SMILES string of the molecule is CC1(CCCCC#N)CCCC1. The van der Waals surface area contributed by atoms with Crippen LogP contribution in [0.1, 0.15) is 58.3 Å². The van der Waals surface area contributed by atoms with Crippen molar-refractivity contribution in [2.75, 3.05) is 0 Å². The highest BCUT2D eigenvalue weighted by molar-refractivity contribution is 4.80. The molecule has 0 aromatic carbocycles. The van der Waals surface area contributed by atoms with Gasteiger partial charge in [-0.1, -0.05) is 26.2 Å². The van der Waals surface area contributed by atoms with Crippen molar-refractivity contribution in [1.82, 2.24) is 0 Å². The van der Waals surface area contributed by atoms with Crippen molar-refractivity contribution in [2.24, 2.45) is 5.41 Å². The maximum atomic E-state index is 8.37. The van der Waals surface area contributed by atoms with Crippen LogP contribution in [-0.4, -0.2) is 0 Å². The second-order valence-corrected chi connectivity index (χ2v) is 4.38. The molecule has 0 saturated heterocycles. The fourth-order valence-corrected chi connectivity index (χ4v) is 2.23. The maximum Gasteiger partial charge on any atom is 0.0621 e. The number of hydrogen-bond donors (Lipinski definition) is 0. The lowest BCUT2D eigenvalue weighted by molar-refractivity contribution is 0.297. The van der Waals surface area contributed by atoms with Gasteiger partial charge in [0.2, 0.25) is 0 Å². The summed E-state index contributed by atoms with van der Waals surface area (Å²) in [5.74, 6) is 0. The Labute approximate surface area is 75.8 Å². The van der Waals surface area contributed by atoms with Gasteiger partial charge in [0.05, 0.1) is 6.07 Å². The van der Waals surface area contributed by atoms with E-state index in [-0.39, 0.29) is 0 Å². The Kier molecular flexibility index (Phi) is 3.59. The molecule has 0 aromatic heterocycles. The van der Waals surface area contributed by atoms with Gasteiger partial charge in [0.1, 0.15) is 0 Å². The fraction of sp³-hybridized carbons (Fsp3) is 0.909. The molecule has 68 valence electrons. The highest BCUT2D eigenvalue weighted by Gasteiger charge is 2.27. The Bertz CT molecular complexity index is 160. The first kappa shape index (κ1) is 9.58. The Morgan fingerprint density at radius 1 is 1.25 bits per heavy atom. The minimum Gasteiger partial charge on any atom is -0.198 e. The average Bonchev–Trinajstić information content (AvgIpc) is 2.47. The van der Waals surface area contributed by atoms with Gasteiger partial charge in [0, 0.05) is 6.42 Å². The lowest BCUT2D eigenvalue weighted by Gasteiger charge is -2.22. The Morgan fingerprint density at radius 3 is 2.50 bits per heavy atom. The van der Waals surface area contributed by atoms with Crippen molar-refractivity contribution in [3.05, 3.63) is 0 Å². The Hall–Kier alpha value is -0.510. The molecule has 0 spiro atoms. The molecule has 0 amide bonds. The zero-order chi connectivity index (χ0) is 8.86. The van der Waals surface area contributed by atoms with Crippen LogP contribution < -0.4 is 0 Å². The van der Waals surface area contributed by atoms with Crippen LogP contribution in [0.25, 0.3) is 0 Å². The van der Waals surface area contributed by atoms with Crippen LogP contribution in [0.4, 0.5) is 0 Å². The van der Waals surface area contributed by atoms with E-state index in [1.807, 2.05) is 0 Å². The van der Waals surface area contributed by atoms with Crippen LogP contribution >= 0.6 is 0 Å². The zero-order valence-electron chi connectivity index (χ0n) is 8.10. The first-order valence-corrected chi connectivity index (χ1v) is 5.14. The summed E-state index contributed by atoms with van der Waals surface area (Å²) < 4.78 is 0. The van der Waals surface area contributed by atoms with Crippen LogP contribution in [0.5, 0.6) is 0 Å². The summed E-state index contributed by atoms with van der Waals surface area (Å²) in [6.07, 6.45) is 10.1. The van der Waals surface area contributed by atoms with Crippen LogP contribution in [0.15, 0.2) is 0 Å². The molecule has 0 bridgehead atoms. The second-order valence-electron chi connectivity index (χ2n) is 4.38. The maximum absolute atomic E-state index is 8.37. The summed E-state index contributed by atoms with van der Waals surface area (Å²) >= 11 is 0. The van der Waals surface area contributed by atoms with Gasteiger partial charge in [0.15, 0.2) is 0 Å². The van der Waals surface area contributed by atoms with Gasteiger partial charge in [0.25, 0.3) is 0 Å². The van der Waals surface area contributed by atoms with E-state index < -0.39 is 0 Å². The van der Waals surface area contributed by atoms with Gasteiger partial charge in [-0.2, -0.15) is 5.26 Å². The van der Waals surface area contributed by atoms with E-state index in [4.69, 9.17) is 5.26 Å². The summed E-state index contributed by atoms with van der Waals surface area (Å²) in [5, 5.41) is 8.37. The molecule has 0 radical (unpaired) electrons. The molecule has 1 fully saturated rings. The van der Waals surface area contributed by atoms with Crippen LogP contribution in [0.2, 0.25) is 0 Å². The third-order valence-corrected chi connectivity index (χ3v) is 3.13. The van der Waals surface area contributed by atoms with Gasteiger partial charge < -0.3 is 0 Å². The van der Waals surface area contributed by atoms with E-state index in [1.165, 1.54) is 38.5 Å². The molecule has 1 rings (SSSR count). The molecule has 1 nitrogen and oxygen atoms in total. The number of unbranched alkanes of at least 4 members (excludes halogenated alkanes) is 2. The third-order valence-electron chi connectivity index (χ3n) is 3.13. The molecule has 1 aliphatic rings. The number of hydrogen-bond acceptors (Lipinski definition) is 1. The van der Waals surface area contributed by atoms with Gasteiger partial charge in [-0.15, -0.1) is 0 Å². The van der Waals surface area contributed by atoms with Crippen LogP contribution in [0.3, 0.4) is 0 Å². The van der Waals surface area contributed by atoms with Crippen molar-refractivity contribution in [1.29, 1.82) is 5.26 Å². The van der Waals surface area contributed by atoms with E-state index in [9.17, 15) is 0 Å². The lowest BCUT2D eigenvalue weighted by atomic mass is 9.83. The third kappa shape index (κ3) is 2.85. The lowest BCUT2D eigenvalue weighted by Crippen LogP contribution is -2.09. The molecule has 0 aromatic rings. The number of nitrogens with zero attached hydrogens (tertiary/aromatic N) is 1. The quantitative estimate of drug-likeness (QED) is 0.583. The monoisotopic (exact) mass is 165 g/mol. The summed E-state index contributed by atoms with van der Waals surface area (Å²) in [7, 11) is 0. The van der Waals surface area contributed by atoms with Gasteiger partial charge in [-0.3, -0.25) is 0 Å². The summed E-state index contributed by atoms with van der Waals surface area (Å²) in [6.45, 7) is 2.41. The molecular formula is C11H19N. The summed E-state index contributed by atoms with van der Waals surface area (Å²) in [6, 6.07) is 2.21. The molecule has 1 aliphatic carbocycles. The highest BCUT2D eigenvalue weighted by Crippen LogP contribution is 2.41. The predicted octanol–water partition coefficient (Wildman–Crippen LogP) is 3.65. The smallest absolute Gasteiger partial charge is 0.0621 e. The number of nitriles is 1. The van der Waals surface area contributed by atoms with E-state index in [0.29, 0.717) is 5.41 Å². The van der Waals surface area contributed by atoms with Gasteiger partial charge in [-0.05, 0) is 31.1 Å². The molecule has 1 heteroatoms. The Morgan fingerprint density at radius 2 is 1.92 bits per heavy atom. The first-order chi connectivity index (χ1) is 5.77. The normalized spacial score (nSPS) is 20.7. The average molecular weight is 165 g/mol. The molecule has 12 heavy (non-hydrogen) atoms. The van der Waals surface area contributed by atoms with E-state index in [1.54, 1.807) is 0 Å². The molecule has 1 saturated carbocycles. The van der Waals surface area contributed by atoms with Crippen molar-refractivity contribution in [2.45, 2.75) is 58.3 Å². The predicted molar refractivity (Wildman–Crippen MR) is 50.7 cm³/mol.